The SMILES string of the molecule is CCn1ncc(Cn2cc(NC(=O)c3ccnn3COc3ccc(Cl)cc3)cn2)c1C. The molecule has 160 valence electrons. The molecule has 9 nitrogen and oxygen atoms in total. The third-order valence-corrected chi connectivity index (χ3v) is 5.10. The van der Waals surface area contributed by atoms with Crippen LogP contribution in [0.3, 0.4) is 0 Å². The first-order chi connectivity index (χ1) is 15.0. The Bertz CT molecular complexity index is 1180. The molecule has 0 fully saturated rings. The number of nitrogens with zero attached hydrogens (tertiary/aromatic N) is 6. The highest BCUT2D eigenvalue weighted by Crippen LogP contribution is 2.17. The third-order valence-electron chi connectivity index (χ3n) is 4.84. The van der Waals surface area contributed by atoms with Crippen LogP contribution in [0.15, 0.2) is 55.1 Å². The molecule has 0 unspecified atom stereocenters. The van der Waals surface area contributed by atoms with Crippen molar-refractivity contribution in [3.63, 3.8) is 0 Å². The predicted octanol–water partition coefficient (Wildman–Crippen LogP) is 3.59. The highest BCUT2D eigenvalue weighted by atomic mass is 35.5. The highest BCUT2D eigenvalue weighted by Gasteiger charge is 2.14. The van der Waals surface area contributed by atoms with Gasteiger partial charge in [-0.25, -0.2) is 4.68 Å². The first kappa shape index (κ1) is 20.7. The summed E-state index contributed by atoms with van der Waals surface area (Å²) in [6.07, 6.45) is 6.80. The van der Waals surface area contributed by atoms with Crippen molar-refractivity contribution in [2.45, 2.75) is 33.7 Å². The normalized spacial score (nSPS) is 10.9. The number of ether oxygens (including phenoxy) is 1. The molecule has 10 heteroatoms. The van der Waals surface area contributed by atoms with Crippen LogP contribution in [0.2, 0.25) is 5.02 Å². The van der Waals surface area contributed by atoms with Gasteiger partial charge < -0.3 is 10.1 Å². The lowest BCUT2D eigenvalue weighted by Crippen LogP contribution is -2.19. The fourth-order valence-corrected chi connectivity index (χ4v) is 3.26. The Labute approximate surface area is 184 Å². The number of nitrogens with one attached hydrogen (secondary N) is 1. The Morgan fingerprint density at radius 3 is 2.65 bits per heavy atom. The third kappa shape index (κ3) is 4.77. The molecule has 31 heavy (non-hydrogen) atoms. The number of amides is 1. The van der Waals surface area contributed by atoms with Gasteiger partial charge >= 0.3 is 0 Å². The maximum Gasteiger partial charge on any atom is 0.274 e. The number of halogens is 1. The van der Waals surface area contributed by atoms with Crippen molar-refractivity contribution >= 4 is 23.2 Å². The van der Waals surface area contributed by atoms with E-state index in [1.165, 1.54) is 4.68 Å². The van der Waals surface area contributed by atoms with E-state index >= 15 is 0 Å². The number of hydrogen-bond donors (Lipinski definition) is 1. The minimum Gasteiger partial charge on any atom is -0.471 e. The number of rotatable bonds is 8. The van der Waals surface area contributed by atoms with Gasteiger partial charge in [-0.1, -0.05) is 11.6 Å². The molecule has 4 aromatic rings. The van der Waals surface area contributed by atoms with E-state index in [1.54, 1.807) is 53.6 Å². The molecule has 0 radical (unpaired) electrons. The van der Waals surface area contributed by atoms with Crippen LogP contribution in [0.25, 0.3) is 0 Å². The molecular weight excluding hydrogens is 418 g/mol. The van der Waals surface area contributed by atoms with E-state index in [0.717, 1.165) is 17.8 Å². The summed E-state index contributed by atoms with van der Waals surface area (Å²) in [6, 6.07) is 8.62. The lowest BCUT2D eigenvalue weighted by molar-refractivity contribution is 0.100. The average molecular weight is 440 g/mol. The largest absolute Gasteiger partial charge is 0.471 e. The summed E-state index contributed by atoms with van der Waals surface area (Å²) in [7, 11) is 0. The van der Waals surface area contributed by atoms with Gasteiger partial charge in [0.1, 0.15) is 11.4 Å². The van der Waals surface area contributed by atoms with E-state index in [2.05, 4.69) is 27.5 Å². The van der Waals surface area contributed by atoms with Gasteiger partial charge in [-0.05, 0) is 44.2 Å². The number of anilines is 1. The molecule has 1 amide bonds. The standard InChI is InChI=1S/C21H22ClN7O2/c1-3-28-15(2)16(10-25-28)12-27-13-18(11-24-27)26-21(30)20-8-9-23-29(20)14-31-19-6-4-17(22)5-7-19/h4-11,13H,3,12,14H2,1-2H3,(H,26,30). The molecule has 0 saturated heterocycles. The van der Waals surface area contributed by atoms with Gasteiger partial charge in [-0.2, -0.15) is 15.3 Å². The van der Waals surface area contributed by atoms with E-state index in [-0.39, 0.29) is 12.6 Å². The molecule has 0 bridgehead atoms. The van der Waals surface area contributed by atoms with Gasteiger partial charge in [0.25, 0.3) is 5.91 Å². The molecule has 3 aromatic heterocycles. The lowest BCUT2D eigenvalue weighted by atomic mass is 10.2. The van der Waals surface area contributed by atoms with Crippen molar-refractivity contribution < 1.29 is 9.53 Å². The van der Waals surface area contributed by atoms with Crippen molar-refractivity contribution in [1.29, 1.82) is 0 Å². The molecule has 0 atom stereocenters. The van der Waals surface area contributed by atoms with E-state index < -0.39 is 0 Å². The highest BCUT2D eigenvalue weighted by molar-refractivity contribution is 6.30. The molecule has 0 spiro atoms. The van der Waals surface area contributed by atoms with Gasteiger partial charge in [0.05, 0.1) is 24.6 Å². The van der Waals surface area contributed by atoms with Crippen LogP contribution in [0, 0.1) is 6.92 Å². The molecule has 4 rings (SSSR count). The van der Waals surface area contributed by atoms with Crippen LogP contribution in [-0.4, -0.2) is 35.2 Å². The fourth-order valence-electron chi connectivity index (χ4n) is 3.14. The van der Waals surface area contributed by atoms with Gasteiger partial charge in [-0.3, -0.25) is 14.2 Å². The first-order valence-electron chi connectivity index (χ1n) is 9.78. The van der Waals surface area contributed by atoms with Crippen molar-refractivity contribution in [1.82, 2.24) is 29.3 Å². The van der Waals surface area contributed by atoms with E-state index in [4.69, 9.17) is 16.3 Å². The quantitative estimate of drug-likeness (QED) is 0.453. The molecule has 3 heterocycles. The second-order valence-corrected chi connectivity index (χ2v) is 7.33. The number of carbonyl (C=O) groups is 1. The van der Waals surface area contributed by atoms with Crippen LogP contribution in [0.4, 0.5) is 5.69 Å². The topological polar surface area (TPSA) is 91.8 Å². The maximum absolute atomic E-state index is 12.7. The minimum absolute atomic E-state index is 0.0946. The Morgan fingerprint density at radius 2 is 1.90 bits per heavy atom. The summed E-state index contributed by atoms with van der Waals surface area (Å²) in [5, 5.41) is 16.3. The maximum atomic E-state index is 12.7. The number of carbonyl (C=O) groups excluding carboxylic acids is 1. The van der Waals surface area contributed by atoms with Gasteiger partial charge in [0, 0.05) is 35.2 Å². The van der Waals surface area contributed by atoms with Crippen molar-refractivity contribution in [3.8, 4) is 5.75 Å². The number of benzene rings is 1. The lowest BCUT2D eigenvalue weighted by Gasteiger charge is -2.09. The van der Waals surface area contributed by atoms with Gasteiger partial charge in [0.2, 0.25) is 0 Å². The molecular formula is C21H22ClN7O2. The first-order valence-corrected chi connectivity index (χ1v) is 10.2. The van der Waals surface area contributed by atoms with Crippen LogP contribution >= 0.6 is 11.6 Å². The molecule has 1 N–H and O–H groups in total. The van der Waals surface area contributed by atoms with Crippen molar-refractivity contribution in [2.24, 2.45) is 0 Å². The Balaban J connectivity index is 1.38. The predicted molar refractivity (Wildman–Crippen MR) is 116 cm³/mol. The molecule has 0 aliphatic heterocycles. The Kier molecular flexibility index (Phi) is 6.03. The number of aromatic nitrogens is 6. The summed E-state index contributed by atoms with van der Waals surface area (Å²) < 4.78 is 10.9. The second kappa shape index (κ2) is 9.05. The van der Waals surface area contributed by atoms with E-state index in [0.29, 0.717) is 28.7 Å². The van der Waals surface area contributed by atoms with E-state index in [1.807, 2.05) is 17.8 Å². The monoisotopic (exact) mass is 439 g/mol. The van der Waals surface area contributed by atoms with Crippen LogP contribution < -0.4 is 10.1 Å². The zero-order valence-corrected chi connectivity index (χ0v) is 18.0. The van der Waals surface area contributed by atoms with E-state index in [9.17, 15) is 4.79 Å². The molecule has 1 aromatic carbocycles. The number of hydrogen-bond acceptors (Lipinski definition) is 5. The average Bonchev–Trinajstić information content (AvgIpc) is 3.49. The smallest absolute Gasteiger partial charge is 0.274 e. The number of aryl methyl sites for hydroxylation is 1. The Hall–Kier alpha value is -3.59. The van der Waals surface area contributed by atoms with Crippen LogP contribution in [0.1, 0.15) is 28.7 Å². The molecule has 0 aliphatic carbocycles. The fraction of sp³-hybridized carbons (Fsp3) is 0.238. The summed E-state index contributed by atoms with van der Waals surface area (Å²) in [4.78, 5) is 12.7. The summed E-state index contributed by atoms with van der Waals surface area (Å²) >= 11 is 5.88. The van der Waals surface area contributed by atoms with Gasteiger partial charge in [0.15, 0.2) is 6.73 Å². The van der Waals surface area contributed by atoms with Crippen LogP contribution in [0.5, 0.6) is 5.75 Å². The van der Waals surface area contributed by atoms with Crippen molar-refractivity contribution in [2.75, 3.05) is 5.32 Å². The zero-order chi connectivity index (χ0) is 21.8. The molecule has 0 saturated carbocycles. The molecule has 0 aliphatic rings. The van der Waals surface area contributed by atoms with Crippen LogP contribution in [-0.2, 0) is 19.8 Å². The summed E-state index contributed by atoms with van der Waals surface area (Å²) in [6.45, 7) is 5.58. The summed E-state index contributed by atoms with van der Waals surface area (Å²) in [5.74, 6) is 0.334. The van der Waals surface area contributed by atoms with Crippen molar-refractivity contribution in [3.05, 3.63) is 77.1 Å². The second-order valence-electron chi connectivity index (χ2n) is 6.90. The summed E-state index contributed by atoms with van der Waals surface area (Å²) in [5.41, 5.74) is 3.16. The minimum atomic E-state index is -0.299. The zero-order valence-electron chi connectivity index (χ0n) is 17.2. The Morgan fingerprint density at radius 1 is 1.10 bits per heavy atom. The van der Waals surface area contributed by atoms with Gasteiger partial charge in [-0.15, -0.1) is 0 Å².